The Morgan fingerprint density at radius 2 is 1.77 bits per heavy atom. The second kappa shape index (κ2) is 8.62. The number of hydrogen-bond donors (Lipinski definition) is 0. The van der Waals surface area contributed by atoms with Gasteiger partial charge in [-0.25, -0.2) is 9.79 Å². The molecule has 154 valence electrons. The second-order valence-corrected chi connectivity index (χ2v) is 6.89. The molecule has 0 aromatic heterocycles. The van der Waals surface area contributed by atoms with Crippen molar-refractivity contribution >= 4 is 23.6 Å². The number of nitro benzene ring substituents is 1. The lowest BCUT2D eigenvalue weighted by Crippen LogP contribution is -2.08. The summed E-state index contributed by atoms with van der Waals surface area (Å²) in [5.74, 6) is 0.155. The highest BCUT2D eigenvalue weighted by Gasteiger charge is 2.27. The van der Waals surface area contributed by atoms with Crippen LogP contribution in [0.4, 0.5) is 5.69 Å². The summed E-state index contributed by atoms with van der Waals surface area (Å²) in [4.78, 5) is 27.2. The summed E-state index contributed by atoms with van der Waals surface area (Å²) >= 11 is 0. The number of carbonyl (C=O) groups excluding carboxylic acids is 1. The fourth-order valence-corrected chi connectivity index (χ4v) is 3.14. The molecular weight excluding hydrogens is 396 g/mol. The van der Waals surface area contributed by atoms with Gasteiger partial charge >= 0.3 is 5.97 Å². The first-order chi connectivity index (χ1) is 15.0. The highest BCUT2D eigenvalue weighted by molar-refractivity contribution is 6.13. The van der Waals surface area contributed by atoms with Gasteiger partial charge < -0.3 is 9.47 Å². The van der Waals surface area contributed by atoms with Crippen LogP contribution in [0.25, 0.3) is 6.08 Å². The van der Waals surface area contributed by atoms with Crippen LogP contribution >= 0.6 is 0 Å². The Morgan fingerprint density at radius 3 is 2.48 bits per heavy atom. The Morgan fingerprint density at radius 1 is 1.03 bits per heavy atom. The summed E-state index contributed by atoms with van der Waals surface area (Å²) in [5.41, 5.74) is 2.69. The van der Waals surface area contributed by atoms with Crippen LogP contribution in [0.3, 0.4) is 0 Å². The quantitative estimate of drug-likeness (QED) is 0.249. The summed E-state index contributed by atoms with van der Waals surface area (Å²) < 4.78 is 11.0. The van der Waals surface area contributed by atoms with Crippen LogP contribution in [-0.2, 0) is 16.1 Å². The van der Waals surface area contributed by atoms with Gasteiger partial charge in [0.25, 0.3) is 5.69 Å². The molecule has 0 aliphatic carbocycles. The van der Waals surface area contributed by atoms with Gasteiger partial charge in [-0.3, -0.25) is 10.1 Å². The van der Waals surface area contributed by atoms with Gasteiger partial charge in [-0.05, 0) is 42.3 Å². The predicted molar refractivity (Wildman–Crippen MR) is 116 cm³/mol. The predicted octanol–water partition coefficient (Wildman–Crippen LogP) is 4.83. The van der Waals surface area contributed by atoms with Crippen LogP contribution < -0.4 is 4.74 Å². The third-order valence-corrected chi connectivity index (χ3v) is 4.78. The van der Waals surface area contributed by atoms with Gasteiger partial charge in [0.05, 0.1) is 4.92 Å². The number of nitro groups is 1. The smallest absolute Gasteiger partial charge is 0.363 e. The fraction of sp³-hybridized carbons (Fsp3) is 0.0833. The van der Waals surface area contributed by atoms with E-state index in [0.717, 1.165) is 11.1 Å². The molecule has 1 heterocycles. The largest absolute Gasteiger partial charge is 0.489 e. The maximum atomic E-state index is 12.3. The number of aliphatic imine (C=N–C) groups is 1. The molecule has 1 aliphatic heterocycles. The van der Waals surface area contributed by atoms with Crippen molar-refractivity contribution in [2.75, 3.05) is 0 Å². The van der Waals surface area contributed by atoms with Gasteiger partial charge in [-0.15, -0.1) is 0 Å². The zero-order valence-corrected chi connectivity index (χ0v) is 16.6. The van der Waals surface area contributed by atoms with Crippen LogP contribution in [0.2, 0.25) is 0 Å². The van der Waals surface area contributed by atoms with Crippen LogP contribution in [0, 0.1) is 17.0 Å². The molecule has 0 saturated carbocycles. The van der Waals surface area contributed by atoms with E-state index in [1.165, 1.54) is 12.1 Å². The van der Waals surface area contributed by atoms with E-state index in [1.54, 1.807) is 19.1 Å². The van der Waals surface area contributed by atoms with E-state index in [0.29, 0.717) is 23.5 Å². The highest BCUT2D eigenvalue weighted by Crippen LogP contribution is 2.26. The molecule has 4 rings (SSSR count). The maximum Gasteiger partial charge on any atom is 0.363 e. The van der Waals surface area contributed by atoms with Crippen molar-refractivity contribution in [1.29, 1.82) is 0 Å². The van der Waals surface area contributed by atoms with Gasteiger partial charge in [-0.1, -0.05) is 48.5 Å². The van der Waals surface area contributed by atoms with E-state index in [4.69, 9.17) is 9.47 Å². The molecule has 7 heteroatoms. The van der Waals surface area contributed by atoms with Crippen molar-refractivity contribution < 1.29 is 19.2 Å². The summed E-state index contributed by atoms with van der Waals surface area (Å²) in [6.07, 6.45) is 1.60. The Labute approximate surface area is 178 Å². The van der Waals surface area contributed by atoms with E-state index in [1.807, 2.05) is 54.6 Å². The monoisotopic (exact) mass is 414 g/mol. The number of rotatable bonds is 6. The first kappa shape index (κ1) is 20.0. The third kappa shape index (κ3) is 4.51. The third-order valence-electron chi connectivity index (χ3n) is 4.78. The zero-order valence-electron chi connectivity index (χ0n) is 16.6. The number of cyclic esters (lactones) is 1. The van der Waals surface area contributed by atoms with Crippen molar-refractivity contribution in [3.63, 3.8) is 0 Å². The molecule has 0 N–H and O–H groups in total. The number of benzene rings is 3. The molecule has 0 fully saturated rings. The lowest BCUT2D eigenvalue weighted by Gasteiger charge is -2.06. The maximum absolute atomic E-state index is 12.3. The Hall–Kier alpha value is -4.26. The minimum absolute atomic E-state index is 0.0558. The van der Waals surface area contributed by atoms with E-state index in [9.17, 15) is 14.9 Å². The van der Waals surface area contributed by atoms with Crippen LogP contribution in [0.1, 0.15) is 22.3 Å². The SMILES string of the molecule is Cc1c(C2=N/C(=C\c3ccc(OCc4ccccc4)cc3)C(=O)O2)cccc1[N+](=O)[O-]. The molecule has 0 saturated heterocycles. The first-order valence-electron chi connectivity index (χ1n) is 9.55. The number of nitrogens with zero attached hydrogens (tertiary/aromatic N) is 2. The minimum Gasteiger partial charge on any atom is -0.489 e. The van der Waals surface area contributed by atoms with Crippen molar-refractivity contribution in [2.45, 2.75) is 13.5 Å². The van der Waals surface area contributed by atoms with E-state index < -0.39 is 10.9 Å². The Bertz CT molecular complexity index is 1200. The average molecular weight is 414 g/mol. The number of carbonyl (C=O) groups is 1. The molecule has 3 aromatic carbocycles. The van der Waals surface area contributed by atoms with Gasteiger partial charge in [-0.2, -0.15) is 0 Å². The van der Waals surface area contributed by atoms with Gasteiger partial charge in [0.15, 0.2) is 5.70 Å². The Kier molecular flexibility index (Phi) is 5.57. The summed E-state index contributed by atoms with van der Waals surface area (Å²) in [7, 11) is 0. The molecule has 0 bridgehead atoms. The number of hydrogen-bond acceptors (Lipinski definition) is 6. The molecule has 0 amide bonds. The summed E-state index contributed by atoms with van der Waals surface area (Å²) in [5, 5.41) is 11.1. The van der Waals surface area contributed by atoms with E-state index in [2.05, 4.69) is 4.99 Å². The Balaban J connectivity index is 1.51. The highest BCUT2D eigenvalue weighted by atomic mass is 16.6. The zero-order chi connectivity index (χ0) is 21.8. The summed E-state index contributed by atoms with van der Waals surface area (Å²) in [6, 6.07) is 21.7. The molecule has 0 spiro atoms. The average Bonchev–Trinajstić information content (AvgIpc) is 3.14. The van der Waals surface area contributed by atoms with Gasteiger partial charge in [0.1, 0.15) is 12.4 Å². The standard InChI is InChI=1S/C24H18N2O5/c1-16-20(8-5-9-22(16)26(28)29)23-25-21(24(27)31-23)14-17-10-12-19(13-11-17)30-15-18-6-3-2-4-7-18/h2-14H,15H2,1H3/b21-14-. The molecule has 0 radical (unpaired) electrons. The molecule has 0 unspecified atom stereocenters. The summed E-state index contributed by atoms with van der Waals surface area (Å²) in [6.45, 7) is 2.06. The van der Waals surface area contributed by atoms with Gasteiger partial charge in [0, 0.05) is 17.2 Å². The lowest BCUT2D eigenvalue weighted by molar-refractivity contribution is -0.385. The molecule has 1 aliphatic rings. The normalized spacial score (nSPS) is 14.3. The van der Waals surface area contributed by atoms with E-state index >= 15 is 0 Å². The molecular formula is C24H18N2O5. The topological polar surface area (TPSA) is 91.0 Å². The second-order valence-electron chi connectivity index (χ2n) is 6.89. The van der Waals surface area contributed by atoms with Crippen LogP contribution in [0.5, 0.6) is 5.75 Å². The van der Waals surface area contributed by atoms with Crippen molar-refractivity contribution in [3.05, 3.63) is 111 Å². The molecule has 0 atom stereocenters. The van der Waals surface area contributed by atoms with Crippen molar-refractivity contribution in [1.82, 2.24) is 0 Å². The van der Waals surface area contributed by atoms with Crippen LogP contribution in [0.15, 0.2) is 83.5 Å². The van der Waals surface area contributed by atoms with E-state index in [-0.39, 0.29) is 17.3 Å². The first-order valence-corrected chi connectivity index (χ1v) is 9.55. The van der Waals surface area contributed by atoms with Crippen LogP contribution in [-0.4, -0.2) is 16.8 Å². The fourth-order valence-electron chi connectivity index (χ4n) is 3.14. The van der Waals surface area contributed by atoms with Crippen molar-refractivity contribution in [3.8, 4) is 5.75 Å². The minimum atomic E-state index is -0.606. The number of ether oxygens (including phenoxy) is 2. The molecule has 31 heavy (non-hydrogen) atoms. The molecule has 3 aromatic rings. The number of esters is 1. The van der Waals surface area contributed by atoms with Crippen molar-refractivity contribution in [2.24, 2.45) is 4.99 Å². The molecule has 7 nitrogen and oxygen atoms in total. The lowest BCUT2D eigenvalue weighted by atomic mass is 10.1. The van der Waals surface area contributed by atoms with Gasteiger partial charge in [0.2, 0.25) is 5.90 Å².